The molecule has 0 N–H and O–H groups in total. The largest absolute Gasteiger partial charge is 0.260 e. The Morgan fingerprint density at radius 2 is 1.74 bits per heavy atom. The lowest BCUT2D eigenvalue weighted by molar-refractivity contribution is 0.473. The van der Waals surface area contributed by atoms with Crippen LogP contribution in [-0.4, -0.2) is 4.98 Å². The Balaban J connectivity index is 1.56. The van der Waals surface area contributed by atoms with Crippen LogP contribution in [0.3, 0.4) is 0 Å². The molecule has 5 rings (SSSR count). The fourth-order valence-corrected chi connectivity index (χ4v) is 7.26. The van der Waals surface area contributed by atoms with Crippen LogP contribution in [0.5, 0.6) is 0 Å². The van der Waals surface area contributed by atoms with E-state index >= 15 is 0 Å². The molecule has 3 unspecified atom stereocenters. The van der Waals surface area contributed by atoms with E-state index in [1.165, 1.54) is 50.3 Å². The number of aryl methyl sites for hydroxylation is 1. The fraction of sp³-hybridized carbons (Fsp3) is 0.395. The number of benzene rings is 1. The van der Waals surface area contributed by atoms with E-state index in [2.05, 4.69) is 114 Å². The van der Waals surface area contributed by atoms with E-state index in [0.29, 0.717) is 5.92 Å². The maximum atomic E-state index is 4.84. The van der Waals surface area contributed by atoms with Gasteiger partial charge in [0.2, 0.25) is 0 Å². The molecular formula is C38H45N. The average Bonchev–Trinajstić information content (AvgIpc) is 3.22. The van der Waals surface area contributed by atoms with Crippen LogP contribution >= 0.6 is 0 Å². The molecule has 1 heteroatoms. The molecule has 1 aromatic heterocycles. The Kier molecular flexibility index (Phi) is 7.81. The zero-order chi connectivity index (χ0) is 27.6. The van der Waals surface area contributed by atoms with E-state index in [9.17, 15) is 0 Å². The second-order valence-electron chi connectivity index (χ2n) is 12.0. The summed E-state index contributed by atoms with van der Waals surface area (Å²) in [5.74, 6) is 0.365. The van der Waals surface area contributed by atoms with Crippen molar-refractivity contribution < 1.29 is 0 Å². The fourth-order valence-electron chi connectivity index (χ4n) is 7.26. The van der Waals surface area contributed by atoms with Crippen molar-refractivity contribution in [2.24, 2.45) is 5.92 Å². The summed E-state index contributed by atoms with van der Waals surface area (Å²) in [5.41, 5.74) is 12.8. The topological polar surface area (TPSA) is 12.9 Å². The average molecular weight is 516 g/mol. The highest BCUT2D eigenvalue weighted by Crippen LogP contribution is 2.50. The van der Waals surface area contributed by atoms with E-state index in [1.54, 1.807) is 0 Å². The van der Waals surface area contributed by atoms with Crippen LogP contribution in [-0.2, 0) is 10.8 Å². The highest BCUT2D eigenvalue weighted by molar-refractivity contribution is 5.60. The Morgan fingerprint density at radius 1 is 0.974 bits per heavy atom. The lowest BCUT2D eigenvalue weighted by atomic mass is 9.70. The van der Waals surface area contributed by atoms with Crippen molar-refractivity contribution >= 4 is 0 Å². The number of hydrogen-bond donors (Lipinski definition) is 0. The van der Waals surface area contributed by atoms with Gasteiger partial charge in [-0.25, -0.2) is 0 Å². The van der Waals surface area contributed by atoms with Gasteiger partial charge in [-0.3, -0.25) is 4.98 Å². The Morgan fingerprint density at radius 3 is 2.46 bits per heavy atom. The first kappa shape index (κ1) is 27.4. The summed E-state index contributed by atoms with van der Waals surface area (Å²) in [5, 5.41) is 0. The van der Waals surface area contributed by atoms with Crippen molar-refractivity contribution in [1.29, 1.82) is 0 Å². The van der Waals surface area contributed by atoms with Gasteiger partial charge in [-0.1, -0.05) is 94.5 Å². The quantitative estimate of drug-likeness (QED) is 0.373. The summed E-state index contributed by atoms with van der Waals surface area (Å²) in [6, 6.07) is 15.3. The number of nitrogens with zero attached hydrogens (tertiary/aromatic N) is 1. The van der Waals surface area contributed by atoms with Crippen LogP contribution < -0.4 is 0 Å². The third-order valence-electron chi connectivity index (χ3n) is 9.88. The molecule has 39 heavy (non-hydrogen) atoms. The van der Waals surface area contributed by atoms with Gasteiger partial charge in [0.05, 0.1) is 5.69 Å². The third kappa shape index (κ3) is 4.86. The molecule has 0 fully saturated rings. The van der Waals surface area contributed by atoms with Crippen molar-refractivity contribution in [1.82, 2.24) is 4.98 Å². The first-order valence-electron chi connectivity index (χ1n) is 15.0. The Bertz CT molecular complexity index is 1410. The molecule has 202 valence electrons. The van der Waals surface area contributed by atoms with E-state index in [0.717, 1.165) is 38.5 Å². The van der Waals surface area contributed by atoms with E-state index in [1.807, 2.05) is 12.3 Å². The molecule has 3 aliphatic carbocycles. The monoisotopic (exact) mass is 515 g/mol. The molecule has 0 aliphatic heterocycles. The molecular weight excluding hydrogens is 470 g/mol. The molecule has 0 bridgehead atoms. The van der Waals surface area contributed by atoms with E-state index < -0.39 is 0 Å². The minimum absolute atomic E-state index is 0.00295. The highest BCUT2D eigenvalue weighted by Gasteiger charge is 2.41. The lowest BCUT2D eigenvalue weighted by Gasteiger charge is -2.33. The van der Waals surface area contributed by atoms with Crippen LogP contribution in [0.4, 0.5) is 0 Å². The number of allylic oxidation sites excluding steroid dienone is 12. The smallest absolute Gasteiger partial charge is 0.0509 e. The van der Waals surface area contributed by atoms with Gasteiger partial charge in [0, 0.05) is 17.0 Å². The maximum Gasteiger partial charge on any atom is 0.0509 e. The van der Waals surface area contributed by atoms with Crippen LogP contribution in [0, 0.1) is 12.8 Å². The van der Waals surface area contributed by atoms with Gasteiger partial charge in [0.25, 0.3) is 0 Å². The molecule has 2 aromatic rings. The summed E-state index contributed by atoms with van der Waals surface area (Å²) in [6.45, 7) is 14.1. The van der Waals surface area contributed by atoms with Gasteiger partial charge < -0.3 is 0 Å². The molecule has 0 spiro atoms. The minimum Gasteiger partial charge on any atom is -0.260 e. The minimum atomic E-state index is 0.00295. The number of hydrogen-bond acceptors (Lipinski definition) is 1. The summed E-state index contributed by atoms with van der Waals surface area (Å²) < 4.78 is 0. The molecule has 0 saturated carbocycles. The molecule has 3 atom stereocenters. The van der Waals surface area contributed by atoms with Gasteiger partial charge in [0.15, 0.2) is 0 Å². The SMILES string of the molecule is CCC(C)(C1=CCCC=C(C2=CC3=C(C=CC2C)C(CC)(c2ccccn2)CC3)C(C)=C1)c1ccccc1C. The Hall–Kier alpha value is -3.19. The molecule has 1 nitrogen and oxygen atoms in total. The summed E-state index contributed by atoms with van der Waals surface area (Å²) in [7, 11) is 0. The van der Waals surface area contributed by atoms with Crippen LogP contribution in [0.2, 0.25) is 0 Å². The van der Waals surface area contributed by atoms with E-state index in [4.69, 9.17) is 4.98 Å². The number of pyridine rings is 1. The van der Waals surface area contributed by atoms with Gasteiger partial charge in [-0.2, -0.15) is 0 Å². The Labute approximate surface area is 236 Å². The predicted molar refractivity (Wildman–Crippen MR) is 167 cm³/mol. The van der Waals surface area contributed by atoms with Crippen molar-refractivity contribution in [3.63, 3.8) is 0 Å². The predicted octanol–water partition coefficient (Wildman–Crippen LogP) is 10.2. The highest BCUT2D eigenvalue weighted by atomic mass is 14.7. The molecule has 0 amide bonds. The van der Waals surface area contributed by atoms with Crippen molar-refractivity contribution in [3.05, 3.63) is 135 Å². The second-order valence-corrected chi connectivity index (χ2v) is 12.0. The van der Waals surface area contributed by atoms with Crippen LogP contribution in [0.1, 0.15) is 90.0 Å². The van der Waals surface area contributed by atoms with Gasteiger partial charge in [0.1, 0.15) is 0 Å². The van der Waals surface area contributed by atoms with E-state index in [-0.39, 0.29) is 10.8 Å². The van der Waals surface area contributed by atoms with Gasteiger partial charge >= 0.3 is 0 Å². The number of rotatable bonds is 6. The normalized spacial score (nSPS) is 24.9. The molecule has 0 saturated heterocycles. The third-order valence-corrected chi connectivity index (χ3v) is 9.88. The molecule has 1 heterocycles. The van der Waals surface area contributed by atoms with Gasteiger partial charge in [-0.15, -0.1) is 0 Å². The van der Waals surface area contributed by atoms with Crippen molar-refractivity contribution in [2.75, 3.05) is 0 Å². The van der Waals surface area contributed by atoms with Crippen molar-refractivity contribution in [3.8, 4) is 0 Å². The first-order valence-corrected chi connectivity index (χ1v) is 15.0. The maximum absolute atomic E-state index is 4.84. The second kappa shape index (κ2) is 11.1. The zero-order valence-corrected chi connectivity index (χ0v) is 24.9. The summed E-state index contributed by atoms with van der Waals surface area (Å²) in [6.07, 6.45) is 23.4. The summed E-state index contributed by atoms with van der Waals surface area (Å²) >= 11 is 0. The number of aromatic nitrogens is 1. The molecule has 0 radical (unpaired) electrons. The standard InChI is InChI=1S/C38H45N/c1-7-37(6,34-18-12-9-15-28(34)4)31-16-10-11-17-32(29(5)25-31)33-26-30-22-23-38(8-2,35(30)21-20-27(33)3)36-19-13-14-24-39-36/h9,12-21,24-27H,7-8,10-11,22-23H2,1-6H3. The van der Waals surface area contributed by atoms with Crippen molar-refractivity contribution in [2.45, 2.75) is 90.9 Å². The van der Waals surface area contributed by atoms with Gasteiger partial charge in [-0.05, 0) is 115 Å². The first-order chi connectivity index (χ1) is 18.8. The molecule has 1 aromatic carbocycles. The zero-order valence-electron chi connectivity index (χ0n) is 24.9. The summed E-state index contributed by atoms with van der Waals surface area (Å²) in [4.78, 5) is 4.84. The van der Waals surface area contributed by atoms with Crippen LogP contribution in [0.15, 0.2) is 119 Å². The molecule has 3 aliphatic rings. The van der Waals surface area contributed by atoms with Crippen LogP contribution in [0.25, 0.3) is 0 Å². The lowest BCUT2D eigenvalue weighted by Crippen LogP contribution is -2.25.